The first-order chi connectivity index (χ1) is 11.9. The lowest BCUT2D eigenvalue weighted by atomic mass is 9.47. The van der Waals surface area contributed by atoms with E-state index in [0.29, 0.717) is 23.5 Å². The maximum Gasteiger partial charge on any atom is 0.178 e. The average molecular weight is 341 g/mol. The van der Waals surface area contributed by atoms with Gasteiger partial charge in [-0.15, -0.1) is 0 Å². The summed E-state index contributed by atoms with van der Waals surface area (Å²) < 4.78 is 0. The van der Waals surface area contributed by atoms with Gasteiger partial charge >= 0.3 is 0 Å². The van der Waals surface area contributed by atoms with E-state index in [-0.39, 0.29) is 16.6 Å². The Morgan fingerprint density at radius 3 is 2.72 bits per heavy atom. The highest BCUT2D eigenvalue weighted by atomic mass is 16.1. The molecule has 0 radical (unpaired) electrons. The van der Waals surface area contributed by atoms with Crippen molar-refractivity contribution in [3.05, 3.63) is 23.8 Å². The molecule has 0 saturated heterocycles. The van der Waals surface area contributed by atoms with Gasteiger partial charge in [0.25, 0.3) is 0 Å². The Morgan fingerprint density at radius 2 is 1.96 bits per heavy atom. The van der Waals surface area contributed by atoms with Crippen LogP contribution < -0.4 is 0 Å². The fourth-order valence-electron chi connectivity index (χ4n) is 7.15. The number of rotatable bonds is 3. The van der Waals surface area contributed by atoms with Crippen LogP contribution in [0.15, 0.2) is 23.8 Å². The SMILES string of the molecule is CCCC(=O)[C@H]1CC[C@H]2[C@@H]3CCC4=CC(=O)C=C[C@]4(C)[C@H]3CC[C@]12C. The maximum absolute atomic E-state index is 12.7. The molecule has 3 fully saturated rings. The van der Waals surface area contributed by atoms with Crippen molar-refractivity contribution >= 4 is 11.6 Å². The Balaban J connectivity index is 1.62. The van der Waals surface area contributed by atoms with Crippen molar-refractivity contribution in [3.8, 4) is 0 Å². The lowest BCUT2D eigenvalue weighted by Crippen LogP contribution is -2.50. The third kappa shape index (κ3) is 2.43. The molecule has 0 aromatic rings. The number of hydrogen-bond donors (Lipinski definition) is 0. The van der Waals surface area contributed by atoms with Crippen LogP contribution >= 0.6 is 0 Å². The fourth-order valence-corrected chi connectivity index (χ4v) is 7.15. The highest BCUT2D eigenvalue weighted by molar-refractivity contribution is 6.01. The van der Waals surface area contributed by atoms with Crippen LogP contribution in [-0.2, 0) is 9.59 Å². The second-order valence-corrected chi connectivity index (χ2v) is 9.49. The third-order valence-corrected chi connectivity index (χ3v) is 8.44. The van der Waals surface area contributed by atoms with Crippen molar-refractivity contribution in [2.45, 2.75) is 72.1 Å². The molecule has 0 heterocycles. The van der Waals surface area contributed by atoms with Crippen molar-refractivity contribution in [1.29, 1.82) is 0 Å². The molecule has 2 nitrogen and oxygen atoms in total. The van der Waals surface area contributed by atoms with E-state index in [1.807, 2.05) is 6.08 Å². The van der Waals surface area contributed by atoms with Crippen LogP contribution in [0.2, 0.25) is 0 Å². The molecule has 0 N–H and O–H groups in total. The molecule has 3 saturated carbocycles. The Kier molecular flexibility index (Phi) is 4.09. The molecule has 0 aromatic heterocycles. The summed E-state index contributed by atoms with van der Waals surface area (Å²) in [5.74, 6) is 3.05. The molecule has 0 bridgehead atoms. The molecule has 0 amide bonds. The lowest BCUT2D eigenvalue weighted by Gasteiger charge is -2.57. The topological polar surface area (TPSA) is 34.1 Å². The summed E-state index contributed by atoms with van der Waals surface area (Å²) in [5.41, 5.74) is 1.66. The van der Waals surface area contributed by atoms with E-state index < -0.39 is 0 Å². The van der Waals surface area contributed by atoms with Gasteiger partial charge < -0.3 is 0 Å². The minimum Gasteiger partial charge on any atom is -0.299 e. The van der Waals surface area contributed by atoms with Crippen molar-refractivity contribution in [3.63, 3.8) is 0 Å². The second-order valence-electron chi connectivity index (χ2n) is 9.49. The van der Waals surface area contributed by atoms with Crippen LogP contribution in [0.25, 0.3) is 0 Å². The van der Waals surface area contributed by atoms with Gasteiger partial charge in [-0.2, -0.15) is 0 Å². The van der Waals surface area contributed by atoms with Crippen molar-refractivity contribution in [2.24, 2.45) is 34.5 Å². The quantitative estimate of drug-likeness (QED) is 0.700. The summed E-state index contributed by atoms with van der Waals surface area (Å²) in [5, 5.41) is 0. The van der Waals surface area contributed by atoms with Gasteiger partial charge in [0.1, 0.15) is 5.78 Å². The summed E-state index contributed by atoms with van der Waals surface area (Å²) >= 11 is 0. The minimum atomic E-state index is 0.0731. The zero-order valence-corrected chi connectivity index (χ0v) is 16.0. The van der Waals surface area contributed by atoms with Gasteiger partial charge in [0.2, 0.25) is 0 Å². The average Bonchev–Trinajstić information content (AvgIpc) is 2.93. The predicted octanol–water partition coefficient (Wildman–Crippen LogP) is 5.28. The molecule has 6 atom stereocenters. The standard InChI is InChI=1S/C23H32O2/c1-4-5-21(25)20-9-8-18-17-7-6-15-14-16(24)10-12-22(15,2)19(17)11-13-23(18,20)3/h10,12,14,17-20H,4-9,11,13H2,1-3H3/t17-,18-,19-,20+,22-,23-/m0/s1. The molecular weight excluding hydrogens is 308 g/mol. The summed E-state index contributed by atoms with van der Waals surface area (Å²) in [6, 6.07) is 0. The molecule has 4 aliphatic rings. The van der Waals surface area contributed by atoms with E-state index in [2.05, 4.69) is 26.8 Å². The molecule has 0 aromatic carbocycles. The van der Waals surface area contributed by atoms with Gasteiger partial charge in [-0.3, -0.25) is 9.59 Å². The molecule has 136 valence electrons. The highest BCUT2D eigenvalue weighted by Gasteiger charge is 2.59. The van der Waals surface area contributed by atoms with Crippen LogP contribution in [0.1, 0.15) is 72.1 Å². The predicted molar refractivity (Wildman–Crippen MR) is 100 cm³/mol. The molecule has 4 aliphatic carbocycles. The van der Waals surface area contributed by atoms with E-state index >= 15 is 0 Å². The first-order valence-corrected chi connectivity index (χ1v) is 10.4. The number of fused-ring (bicyclic) bond motifs is 5. The van der Waals surface area contributed by atoms with E-state index in [0.717, 1.165) is 31.6 Å². The Labute approximate surface area is 152 Å². The Hall–Kier alpha value is -1.18. The number of allylic oxidation sites excluding steroid dienone is 4. The van der Waals surface area contributed by atoms with Gasteiger partial charge in [0.15, 0.2) is 5.78 Å². The Bertz CT molecular complexity index is 657. The smallest absolute Gasteiger partial charge is 0.178 e. The first kappa shape index (κ1) is 17.2. The van der Waals surface area contributed by atoms with Gasteiger partial charge in [0.05, 0.1) is 0 Å². The van der Waals surface area contributed by atoms with Crippen molar-refractivity contribution in [1.82, 2.24) is 0 Å². The molecule has 25 heavy (non-hydrogen) atoms. The number of ketones is 2. The summed E-state index contributed by atoms with van der Waals surface area (Å²) in [6.07, 6.45) is 14.7. The van der Waals surface area contributed by atoms with Crippen molar-refractivity contribution < 1.29 is 9.59 Å². The summed E-state index contributed by atoms with van der Waals surface area (Å²) in [7, 11) is 0. The maximum atomic E-state index is 12.7. The zero-order valence-electron chi connectivity index (χ0n) is 16.0. The van der Waals surface area contributed by atoms with Crippen LogP contribution in [0.5, 0.6) is 0 Å². The zero-order chi connectivity index (χ0) is 17.8. The normalized spacial score (nSPS) is 45.4. The highest BCUT2D eigenvalue weighted by Crippen LogP contribution is 2.66. The van der Waals surface area contributed by atoms with E-state index in [9.17, 15) is 9.59 Å². The molecule has 4 rings (SSSR count). The summed E-state index contributed by atoms with van der Waals surface area (Å²) in [4.78, 5) is 24.6. The van der Waals surface area contributed by atoms with E-state index in [1.54, 1.807) is 6.08 Å². The Morgan fingerprint density at radius 1 is 1.16 bits per heavy atom. The number of Topliss-reactive ketones (excluding diaryl/α,β-unsaturated/α-hetero) is 1. The number of carbonyl (C=O) groups is 2. The first-order valence-electron chi connectivity index (χ1n) is 10.4. The van der Waals surface area contributed by atoms with Gasteiger partial charge in [-0.1, -0.05) is 32.4 Å². The monoisotopic (exact) mass is 340 g/mol. The van der Waals surface area contributed by atoms with Gasteiger partial charge in [-0.25, -0.2) is 0 Å². The number of hydrogen-bond acceptors (Lipinski definition) is 2. The second kappa shape index (κ2) is 5.93. The van der Waals surface area contributed by atoms with Gasteiger partial charge in [-0.05, 0) is 80.3 Å². The molecule has 0 spiro atoms. The van der Waals surface area contributed by atoms with E-state index in [4.69, 9.17) is 0 Å². The minimum absolute atomic E-state index is 0.0731. The van der Waals surface area contributed by atoms with Crippen LogP contribution in [0.3, 0.4) is 0 Å². The fraction of sp³-hybridized carbons (Fsp3) is 0.739. The largest absolute Gasteiger partial charge is 0.299 e. The van der Waals surface area contributed by atoms with E-state index in [1.165, 1.54) is 31.3 Å². The summed E-state index contributed by atoms with van der Waals surface area (Å²) in [6.45, 7) is 6.90. The van der Waals surface area contributed by atoms with Crippen molar-refractivity contribution in [2.75, 3.05) is 0 Å². The molecular formula is C23H32O2. The van der Waals surface area contributed by atoms with Crippen LogP contribution in [0.4, 0.5) is 0 Å². The molecule has 0 aliphatic heterocycles. The van der Waals surface area contributed by atoms with Crippen LogP contribution in [0, 0.1) is 34.5 Å². The third-order valence-electron chi connectivity index (χ3n) is 8.44. The lowest BCUT2D eigenvalue weighted by molar-refractivity contribution is -0.129. The van der Waals surface area contributed by atoms with Gasteiger partial charge in [0, 0.05) is 17.8 Å². The molecule has 0 unspecified atom stereocenters. The number of carbonyl (C=O) groups excluding carboxylic acids is 2. The molecule has 2 heteroatoms. The van der Waals surface area contributed by atoms with Crippen LogP contribution in [-0.4, -0.2) is 11.6 Å².